The molecule has 0 unspecified atom stereocenters. The molecule has 2 aromatic heterocycles. The Kier molecular flexibility index (Phi) is 8.91. The maximum absolute atomic E-state index is 13.7. The minimum Gasteiger partial charge on any atom is -0.492 e. The zero-order valence-corrected chi connectivity index (χ0v) is 25.7. The number of ether oxygens (including phenoxy) is 3. The average molecular weight is 599 g/mol. The van der Waals surface area contributed by atoms with E-state index in [1.165, 1.54) is 4.57 Å². The maximum atomic E-state index is 13.7. The highest BCUT2D eigenvalue weighted by atomic mass is 16.6. The highest BCUT2D eigenvalue weighted by molar-refractivity contribution is 6.03. The van der Waals surface area contributed by atoms with Gasteiger partial charge >= 0.3 is 12.2 Å². The molecule has 0 atom stereocenters. The van der Waals surface area contributed by atoms with Gasteiger partial charge in [0.2, 0.25) is 0 Å². The third kappa shape index (κ3) is 6.70. The van der Waals surface area contributed by atoms with E-state index in [1.54, 1.807) is 45.0 Å². The Morgan fingerprint density at radius 3 is 2.23 bits per heavy atom. The first-order valence-electron chi connectivity index (χ1n) is 14.7. The lowest BCUT2D eigenvalue weighted by atomic mass is 10.1. The lowest BCUT2D eigenvalue weighted by Gasteiger charge is -2.21. The summed E-state index contributed by atoms with van der Waals surface area (Å²) in [5.74, 6) is 1.20. The number of hydrogen-bond donors (Lipinski definition) is 1. The van der Waals surface area contributed by atoms with Crippen LogP contribution in [0.3, 0.4) is 0 Å². The second-order valence-electron chi connectivity index (χ2n) is 11.4. The standard InChI is InChI=1S/C34H38N4O6/c1-6-36(7-2)17-18-42-25-13-15-28-24(19-25)20-30(37(28)33(41)44-34(3,4)5)31-27-21-26(43-22-23-11-9-8-10-12-23)14-16-29(27)38(35-31)32(39)40/h8-16,19-21H,6-7,17-18,22H2,1-5H3,(H,39,40). The fraction of sp³-hybridized carbons (Fsp3) is 0.324. The predicted molar refractivity (Wildman–Crippen MR) is 170 cm³/mol. The van der Waals surface area contributed by atoms with E-state index in [-0.39, 0.29) is 0 Å². The summed E-state index contributed by atoms with van der Waals surface area (Å²) >= 11 is 0. The van der Waals surface area contributed by atoms with Crippen LogP contribution in [0.1, 0.15) is 40.2 Å². The smallest absolute Gasteiger partial charge is 0.432 e. The second kappa shape index (κ2) is 12.8. The van der Waals surface area contributed by atoms with Gasteiger partial charge in [-0.1, -0.05) is 44.2 Å². The van der Waals surface area contributed by atoms with Crippen molar-refractivity contribution in [1.82, 2.24) is 19.2 Å². The monoisotopic (exact) mass is 598 g/mol. The highest BCUT2D eigenvalue weighted by Gasteiger charge is 2.27. The van der Waals surface area contributed by atoms with Gasteiger partial charge in [0.05, 0.1) is 16.7 Å². The largest absolute Gasteiger partial charge is 0.492 e. The lowest BCUT2D eigenvalue weighted by molar-refractivity contribution is 0.0547. The molecule has 0 bridgehead atoms. The Hall–Kier alpha value is -4.83. The quantitative estimate of drug-likeness (QED) is 0.179. The van der Waals surface area contributed by atoms with Gasteiger partial charge in [0.15, 0.2) is 0 Å². The molecule has 0 aliphatic heterocycles. The SMILES string of the molecule is CCN(CC)CCOc1ccc2c(c1)cc(-c1nn(C(=O)O)c3ccc(OCc4ccccc4)cc13)n2C(=O)OC(C)(C)C. The molecule has 0 fully saturated rings. The Morgan fingerprint density at radius 1 is 0.886 bits per heavy atom. The van der Waals surface area contributed by atoms with Crippen LogP contribution in [0, 0.1) is 0 Å². The third-order valence-corrected chi connectivity index (χ3v) is 7.24. The molecule has 230 valence electrons. The normalized spacial score (nSPS) is 11.8. The highest BCUT2D eigenvalue weighted by Crippen LogP contribution is 2.36. The van der Waals surface area contributed by atoms with Crippen molar-refractivity contribution < 1.29 is 28.9 Å². The van der Waals surface area contributed by atoms with Crippen LogP contribution in [0.4, 0.5) is 9.59 Å². The number of likely N-dealkylation sites (N-methyl/N-ethyl adjacent to an activating group) is 1. The molecular formula is C34H38N4O6. The maximum Gasteiger partial charge on any atom is 0.432 e. The van der Waals surface area contributed by atoms with Crippen LogP contribution in [0.25, 0.3) is 33.2 Å². The minimum absolute atomic E-state index is 0.304. The molecule has 0 radical (unpaired) electrons. The number of fused-ring (bicyclic) bond motifs is 2. The molecule has 10 heteroatoms. The number of benzene rings is 3. The molecular weight excluding hydrogens is 560 g/mol. The molecule has 0 aliphatic rings. The Morgan fingerprint density at radius 2 is 1.57 bits per heavy atom. The first-order valence-corrected chi connectivity index (χ1v) is 14.7. The van der Waals surface area contributed by atoms with E-state index in [1.807, 2.05) is 48.5 Å². The second-order valence-corrected chi connectivity index (χ2v) is 11.4. The summed E-state index contributed by atoms with van der Waals surface area (Å²) < 4.78 is 20.2. The van der Waals surface area contributed by atoms with Gasteiger partial charge in [-0.15, -0.1) is 0 Å². The molecule has 1 N–H and O–H groups in total. The van der Waals surface area contributed by atoms with Crippen molar-refractivity contribution in [1.29, 1.82) is 0 Å². The molecule has 2 heterocycles. The zero-order chi connectivity index (χ0) is 31.4. The van der Waals surface area contributed by atoms with Crippen molar-refractivity contribution in [3.63, 3.8) is 0 Å². The van der Waals surface area contributed by atoms with Crippen molar-refractivity contribution in [2.45, 2.75) is 46.8 Å². The van der Waals surface area contributed by atoms with Crippen molar-refractivity contribution in [2.24, 2.45) is 0 Å². The zero-order valence-electron chi connectivity index (χ0n) is 25.7. The van der Waals surface area contributed by atoms with Crippen molar-refractivity contribution in [3.05, 3.63) is 78.4 Å². The molecule has 0 aliphatic carbocycles. The van der Waals surface area contributed by atoms with E-state index < -0.39 is 17.8 Å². The molecule has 5 aromatic rings. The Labute approximate surface area is 256 Å². The number of carboxylic acid groups (broad SMARTS) is 1. The van der Waals surface area contributed by atoms with Crippen molar-refractivity contribution in [2.75, 3.05) is 26.2 Å². The van der Waals surface area contributed by atoms with E-state index in [4.69, 9.17) is 14.2 Å². The van der Waals surface area contributed by atoms with E-state index in [0.29, 0.717) is 52.5 Å². The molecule has 10 nitrogen and oxygen atoms in total. The van der Waals surface area contributed by atoms with Crippen molar-refractivity contribution in [3.8, 4) is 22.9 Å². The first kappa shape index (κ1) is 30.6. The lowest BCUT2D eigenvalue weighted by Crippen LogP contribution is -2.28. The molecule has 5 rings (SSSR count). The summed E-state index contributed by atoms with van der Waals surface area (Å²) in [6.45, 7) is 13.1. The summed E-state index contributed by atoms with van der Waals surface area (Å²) in [5.41, 5.74) is 1.87. The van der Waals surface area contributed by atoms with Crippen LogP contribution >= 0.6 is 0 Å². The van der Waals surface area contributed by atoms with E-state index in [0.717, 1.165) is 35.3 Å². The average Bonchev–Trinajstić information content (AvgIpc) is 3.56. The molecule has 0 spiro atoms. The van der Waals surface area contributed by atoms with Crippen LogP contribution in [0.15, 0.2) is 72.8 Å². The fourth-order valence-electron chi connectivity index (χ4n) is 5.06. The van der Waals surface area contributed by atoms with Gasteiger partial charge in [0.25, 0.3) is 0 Å². The summed E-state index contributed by atoms with van der Waals surface area (Å²) in [4.78, 5) is 28.2. The van der Waals surface area contributed by atoms with Gasteiger partial charge in [-0.3, -0.25) is 0 Å². The topological polar surface area (TPSA) is 108 Å². The molecule has 0 saturated carbocycles. The van der Waals surface area contributed by atoms with Gasteiger partial charge in [-0.05, 0) is 81.9 Å². The van der Waals surface area contributed by atoms with Crippen molar-refractivity contribution >= 4 is 34.0 Å². The molecule has 44 heavy (non-hydrogen) atoms. The summed E-state index contributed by atoms with van der Waals surface area (Å²) in [5, 5.41) is 15.7. The molecule has 0 saturated heterocycles. The van der Waals surface area contributed by atoms with E-state index >= 15 is 0 Å². The summed E-state index contributed by atoms with van der Waals surface area (Å²) in [7, 11) is 0. The number of rotatable bonds is 10. The minimum atomic E-state index is -1.25. The summed E-state index contributed by atoms with van der Waals surface area (Å²) in [6.07, 6.45) is -1.85. The predicted octanol–water partition coefficient (Wildman–Crippen LogP) is 7.27. The number of aromatic nitrogens is 3. The van der Waals surface area contributed by atoms with E-state index in [9.17, 15) is 14.7 Å². The first-order chi connectivity index (χ1) is 21.1. The van der Waals surface area contributed by atoms with Crippen LogP contribution in [0.5, 0.6) is 11.5 Å². The van der Waals surface area contributed by atoms with Gasteiger partial charge in [0.1, 0.15) is 36.0 Å². The Bertz CT molecular complexity index is 1780. The number of hydrogen-bond acceptors (Lipinski definition) is 7. The van der Waals surface area contributed by atoms with Crippen LogP contribution in [0.2, 0.25) is 0 Å². The third-order valence-electron chi connectivity index (χ3n) is 7.24. The number of carbonyl (C=O) groups is 2. The molecule has 3 aromatic carbocycles. The number of carbonyl (C=O) groups excluding carboxylic acids is 1. The number of nitrogens with zero attached hydrogens (tertiary/aromatic N) is 4. The van der Waals surface area contributed by atoms with Gasteiger partial charge < -0.3 is 24.2 Å². The van der Waals surface area contributed by atoms with Gasteiger partial charge in [-0.2, -0.15) is 9.78 Å². The van der Waals surface area contributed by atoms with E-state index in [2.05, 4.69) is 23.8 Å². The summed E-state index contributed by atoms with van der Waals surface area (Å²) in [6, 6.07) is 22.2. The fourth-order valence-corrected chi connectivity index (χ4v) is 5.06. The van der Waals surface area contributed by atoms with Gasteiger partial charge in [-0.25, -0.2) is 14.2 Å². The molecule has 0 amide bonds. The Balaban J connectivity index is 1.60. The van der Waals surface area contributed by atoms with Crippen LogP contribution in [-0.2, 0) is 11.3 Å². The van der Waals surface area contributed by atoms with Crippen LogP contribution in [-0.4, -0.2) is 68.4 Å². The van der Waals surface area contributed by atoms with Gasteiger partial charge in [0, 0.05) is 17.3 Å². The van der Waals surface area contributed by atoms with Crippen LogP contribution < -0.4 is 9.47 Å².